The van der Waals surface area contributed by atoms with Gasteiger partial charge in [-0.1, -0.05) is 41.9 Å². The fourth-order valence-electron chi connectivity index (χ4n) is 1.83. The Morgan fingerprint density at radius 1 is 1.16 bits per heavy atom. The molecule has 0 fully saturated rings. The molecule has 1 N–H and O–H groups in total. The number of hydrogen-bond donors (Lipinski definition) is 1. The summed E-state index contributed by atoms with van der Waals surface area (Å²) in [7, 11) is 0. The van der Waals surface area contributed by atoms with E-state index in [1.54, 1.807) is 36.4 Å². The van der Waals surface area contributed by atoms with Gasteiger partial charge in [-0.2, -0.15) is 0 Å². The third-order valence-electron chi connectivity index (χ3n) is 2.84. The first-order valence-electron chi connectivity index (χ1n) is 5.74. The van der Waals surface area contributed by atoms with Crippen molar-refractivity contribution in [3.05, 3.63) is 74.8 Å². The van der Waals surface area contributed by atoms with Crippen LogP contribution in [-0.4, -0.2) is 10.0 Å². The molecule has 0 saturated carbocycles. The van der Waals surface area contributed by atoms with Crippen molar-refractivity contribution in [1.82, 2.24) is 0 Å². The van der Waals surface area contributed by atoms with Crippen molar-refractivity contribution >= 4 is 17.3 Å². The highest BCUT2D eigenvalue weighted by Gasteiger charge is 2.12. The van der Waals surface area contributed by atoms with Crippen molar-refractivity contribution < 1.29 is 10.0 Å². The number of nitrogens with zero attached hydrogens (tertiary/aromatic N) is 1. The van der Waals surface area contributed by atoms with Crippen molar-refractivity contribution in [3.8, 4) is 0 Å². The van der Waals surface area contributed by atoms with Gasteiger partial charge in [0.1, 0.15) is 0 Å². The number of aliphatic hydroxyl groups is 1. The van der Waals surface area contributed by atoms with Crippen LogP contribution in [0.1, 0.15) is 17.2 Å². The summed E-state index contributed by atoms with van der Waals surface area (Å²) in [6, 6.07) is 13.2. The second-order valence-corrected chi connectivity index (χ2v) is 4.57. The predicted molar refractivity (Wildman–Crippen MR) is 73.2 cm³/mol. The highest BCUT2D eigenvalue weighted by atomic mass is 35.5. The predicted octanol–water partition coefficient (Wildman–Crippen LogP) is 3.52. The van der Waals surface area contributed by atoms with Gasteiger partial charge >= 0.3 is 0 Å². The van der Waals surface area contributed by atoms with E-state index in [2.05, 4.69) is 0 Å². The smallest absolute Gasteiger partial charge is 0.269 e. The Kier molecular flexibility index (Phi) is 4.14. The first-order chi connectivity index (χ1) is 9.08. The molecule has 19 heavy (non-hydrogen) atoms. The topological polar surface area (TPSA) is 63.4 Å². The first kappa shape index (κ1) is 13.5. The molecule has 0 saturated heterocycles. The minimum atomic E-state index is -0.727. The van der Waals surface area contributed by atoms with Crippen LogP contribution in [-0.2, 0) is 6.42 Å². The van der Waals surface area contributed by atoms with Crippen LogP contribution >= 0.6 is 11.6 Å². The maximum Gasteiger partial charge on any atom is 0.269 e. The van der Waals surface area contributed by atoms with Gasteiger partial charge in [0.25, 0.3) is 5.69 Å². The molecular weight excluding hydrogens is 266 g/mol. The van der Waals surface area contributed by atoms with Crippen molar-refractivity contribution in [2.45, 2.75) is 12.5 Å². The van der Waals surface area contributed by atoms with Crippen LogP contribution in [0.15, 0.2) is 48.5 Å². The summed E-state index contributed by atoms with van der Waals surface area (Å²) >= 11 is 6.00. The van der Waals surface area contributed by atoms with Crippen molar-refractivity contribution in [2.24, 2.45) is 0 Å². The third kappa shape index (κ3) is 3.30. The fraction of sp³-hybridized carbons (Fsp3) is 0.143. The van der Waals surface area contributed by atoms with E-state index in [1.165, 1.54) is 12.1 Å². The van der Waals surface area contributed by atoms with Gasteiger partial charge in [0.05, 0.1) is 11.0 Å². The minimum absolute atomic E-state index is 0.0379. The highest BCUT2D eigenvalue weighted by molar-refractivity contribution is 6.31. The minimum Gasteiger partial charge on any atom is -0.388 e. The van der Waals surface area contributed by atoms with Crippen molar-refractivity contribution in [3.63, 3.8) is 0 Å². The second kappa shape index (κ2) is 5.82. The quantitative estimate of drug-likeness (QED) is 0.687. The highest BCUT2D eigenvalue weighted by Crippen LogP contribution is 2.25. The Morgan fingerprint density at radius 3 is 2.37 bits per heavy atom. The molecule has 0 aliphatic carbocycles. The molecule has 0 heterocycles. The summed E-state index contributed by atoms with van der Waals surface area (Å²) in [5.41, 5.74) is 1.51. The SMILES string of the molecule is O=[N+]([O-])c1ccc(CC(O)c2ccccc2Cl)cc1. The Morgan fingerprint density at radius 2 is 1.79 bits per heavy atom. The van der Waals surface area contributed by atoms with Crippen LogP contribution in [0.4, 0.5) is 5.69 Å². The summed E-state index contributed by atoms with van der Waals surface area (Å²) in [5, 5.41) is 21.2. The molecule has 0 spiro atoms. The van der Waals surface area contributed by atoms with Gasteiger partial charge in [-0.15, -0.1) is 0 Å². The Bertz CT molecular complexity index is 583. The molecule has 1 unspecified atom stereocenters. The van der Waals surface area contributed by atoms with Gasteiger partial charge in [-0.25, -0.2) is 0 Å². The van der Waals surface area contributed by atoms with Crippen LogP contribution in [0.25, 0.3) is 0 Å². The van der Waals surface area contributed by atoms with Crippen LogP contribution in [0.2, 0.25) is 5.02 Å². The number of benzene rings is 2. The summed E-state index contributed by atoms with van der Waals surface area (Å²) in [4.78, 5) is 10.1. The average molecular weight is 278 g/mol. The zero-order valence-corrected chi connectivity index (χ0v) is 10.7. The maximum atomic E-state index is 10.5. The molecular formula is C14H12ClNO3. The molecule has 0 amide bonds. The second-order valence-electron chi connectivity index (χ2n) is 4.16. The molecule has 98 valence electrons. The third-order valence-corrected chi connectivity index (χ3v) is 3.18. The Hall–Kier alpha value is -1.91. The fourth-order valence-corrected chi connectivity index (χ4v) is 2.09. The van der Waals surface area contributed by atoms with Crippen molar-refractivity contribution in [2.75, 3.05) is 0 Å². The van der Waals surface area contributed by atoms with Gasteiger partial charge in [0.15, 0.2) is 0 Å². The van der Waals surface area contributed by atoms with Gasteiger partial charge in [0, 0.05) is 23.6 Å². The monoisotopic (exact) mass is 277 g/mol. The standard InChI is InChI=1S/C14H12ClNO3/c15-13-4-2-1-3-12(13)14(17)9-10-5-7-11(8-6-10)16(18)19/h1-8,14,17H,9H2. The number of rotatable bonds is 4. The summed E-state index contributed by atoms with van der Waals surface area (Å²) in [6.07, 6.45) is -0.364. The lowest BCUT2D eigenvalue weighted by Gasteiger charge is -2.12. The molecule has 0 aliphatic rings. The normalized spacial score (nSPS) is 12.1. The van der Waals surface area contributed by atoms with Gasteiger partial charge in [0.2, 0.25) is 0 Å². The molecule has 0 aromatic heterocycles. The van der Waals surface area contributed by atoms with Crippen molar-refractivity contribution in [1.29, 1.82) is 0 Å². The van der Waals surface area contributed by atoms with Crippen LogP contribution in [0.3, 0.4) is 0 Å². The molecule has 2 aromatic rings. The molecule has 0 aliphatic heterocycles. The Labute approximate surface area is 115 Å². The first-order valence-corrected chi connectivity index (χ1v) is 6.11. The largest absolute Gasteiger partial charge is 0.388 e. The number of halogens is 1. The lowest BCUT2D eigenvalue weighted by atomic mass is 10.0. The van der Waals surface area contributed by atoms with E-state index in [1.807, 2.05) is 0 Å². The number of aliphatic hydroxyl groups excluding tert-OH is 1. The lowest BCUT2D eigenvalue weighted by Crippen LogP contribution is -2.02. The van der Waals surface area contributed by atoms with E-state index in [9.17, 15) is 15.2 Å². The zero-order chi connectivity index (χ0) is 13.8. The summed E-state index contributed by atoms with van der Waals surface area (Å²) < 4.78 is 0. The summed E-state index contributed by atoms with van der Waals surface area (Å²) in [5.74, 6) is 0. The Balaban J connectivity index is 2.13. The molecule has 5 heteroatoms. The number of nitro groups is 1. The van der Waals surface area contributed by atoms with Crippen LogP contribution < -0.4 is 0 Å². The lowest BCUT2D eigenvalue weighted by molar-refractivity contribution is -0.384. The molecule has 0 radical (unpaired) electrons. The van der Waals surface area contributed by atoms with E-state index >= 15 is 0 Å². The average Bonchev–Trinajstić information content (AvgIpc) is 2.39. The molecule has 1 atom stereocenters. The summed E-state index contributed by atoms with van der Waals surface area (Å²) in [6.45, 7) is 0. The number of hydrogen-bond acceptors (Lipinski definition) is 3. The van der Waals surface area contributed by atoms with Gasteiger partial charge in [-0.05, 0) is 17.2 Å². The van der Waals surface area contributed by atoms with Crippen LogP contribution in [0.5, 0.6) is 0 Å². The number of non-ortho nitro benzene ring substituents is 1. The molecule has 4 nitrogen and oxygen atoms in total. The van der Waals surface area contributed by atoms with E-state index in [0.29, 0.717) is 17.0 Å². The zero-order valence-electron chi connectivity index (χ0n) is 9.99. The van der Waals surface area contributed by atoms with E-state index < -0.39 is 11.0 Å². The molecule has 2 rings (SSSR count). The number of nitro benzene ring substituents is 1. The van der Waals surface area contributed by atoms with E-state index in [0.717, 1.165) is 5.56 Å². The van der Waals surface area contributed by atoms with Crippen LogP contribution in [0, 0.1) is 10.1 Å². The maximum absolute atomic E-state index is 10.5. The van der Waals surface area contributed by atoms with Gasteiger partial charge < -0.3 is 5.11 Å². The van der Waals surface area contributed by atoms with Gasteiger partial charge in [-0.3, -0.25) is 10.1 Å². The molecule has 2 aromatic carbocycles. The van der Waals surface area contributed by atoms with E-state index in [4.69, 9.17) is 11.6 Å². The van der Waals surface area contributed by atoms with E-state index in [-0.39, 0.29) is 5.69 Å². The molecule has 0 bridgehead atoms.